The van der Waals surface area contributed by atoms with Gasteiger partial charge in [-0.1, -0.05) is 31.2 Å². The molecule has 2 N–H and O–H groups in total. The summed E-state index contributed by atoms with van der Waals surface area (Å²) in [5, 5.41) is 0. The van der Waals surface area contributed by atoms with Crippen molar-refractivity contribution >= 4 is 11.8 Å². The van der Waals surface area contributed by atoms with E-state index in [4.69, 9.17) is 15.2 Å². The van der Waals surface area contributed by atoms with Gasteiger partial charge in [0.1, 0.15) is 0 Å². The standard InChI is InChI=1S/C13H19NO2S/c1-2-17-10-13(15-7-8-16-13)12-5-3-11(9-14)4-6-12/h3-6H,2,7-10,14H2,1H3. The van der Waals surface area contributed by atoms with E-state index in [1.165, 1.54) is 0 Å². The number of hydrogen-bond donors (Lipinski definition) is 1. The maximum absolute atomic E-state index is 5.83. The quantitative estimate of drug-likeness (QED) is 0.873. The molecule has 1 saturated heterocycles. The van der Waals surface area contributed by atoms with Crippen molar-refractivity contribution in [3.05, 3.63) is 35.4 Å². The fraction of sp³-hybridized carbons (Fsp3) is 0.538. The maximum Gasteiger partial charge on any atom is 0.204 e. The van der Waals surface area contributed by atoms with Crippen molar-refractivity contribution in [2.45, 2.75) is 19.3 Å². The van der Waals surface area contributed by atoms with Gasteiger partial charge in [0.15, 0.2) is 0 Å². The lowest BCUT2D eigenvalue weighted by Crippen LogP contribution is -2.30. The minimum atomic E-state index is -0.548. The third-order valence-corrected chi connectivity index (χ3v) is 3.87. The smallest absolute Gasteiger partial charge is 0.204 e. The monoisotopic (exact) mass is 253 g/mol. The van der Waals surface area contributed by atoms with Crippen LogP contribution in [0.5, 0.6) is 0 Å². The largest absolute Gasteiger partial charge is 0.343 e. The van der Waals surface area contributed by atoms with E-state index in [1.807, 2.05) is 23.9 Å². The van der Waals surface area contributed by atoms with Crippen molar-refractivity contribution in [1.82, 2.24) is 0 Å². The van der Waals surface area contributed by atoms with Gasteiger partial charge in [-0.15, -0.1) is 0 Å². The zero-order chi connectivity index (χ0) is 12.1. The summed E-state index contributed by atoms with van der Waals surface area (Å²) in [6, 6.07) is 8.20. The first-order valence-corrected chi connectivity index (χ1v) is 7.11. The lowest BCUT2D eigenvalue weighted by Gasteiger charge is -2.27. The molecular weight excluding hydrogens is 234 g/mol. The van der Waals surface area contributed by atoms with Crippen LogP contribution in [-0.4, -0.2) is 24.7 Å². The molecule has 0 spiro atoms. The highest BCUT2D eigenvalue weighted by Gasteiger charge is 2.38. The van der Waals surface area contributed by atoms with Crippen molar-refractivity contribution in [1.29, 1.82) is 0 Å². The number of hydrogen-bond acceptors (Lipinski definition) is 4. The molecule has 0 radical (unpaired) electrons. The number of rotatable bonds is 5. The Balaban J connectivity index is 2.19. The zero-order valence-electron chi connectivity index (χ0n) is 10.1. The summed E-state index contributed by atoms with van der Waals surface area (Å²) in [5.41, 5.74) is 7.82. The van der Waals surface area contributed by atoms with E-state index in [0.717, 1.165) is 22.6 Å². The van der Waals surface area contributed by atoms with Gasteiger partial charge in [0.05, 0.1) is 19.0 Å². The van der Waals surface area contributed by atoms with Crippen LogP contribution in [0.1, 0.15) is 18.1 Å². The Kier molecular flexibility index (Phi) is 4.45. The predicted octanol–water partition coefficient (Wildman–Crippen LogP) is 2.10. The van der Waals surface area contributed by atoms with Gasteiger partial charge in [0.25, 0.3) is 0 Å². The Labute approximate surface area is 107 Å². The van der Waals surface area contributed by atoms with Crippen LogP contribution >= 0.6 is 11.8 Å². The molecular formula is C13H19NO2S. The summed E-state index contributed by atoms with van der Waals surface area (Å²) in [6.45, 7) is 4.05. The van der Waals surface area contributed by atoms with E-state index in [2.05, 4.69) is 19.1 Å². The van der Waals surface area contributed by atoms with Crippen LogP contribution in [0.25, 0.3) is 0 Å². The molecule has 0 aromatic heterocycles. The van der Waals surface area contributed by atoms with Gasteiger partial charge in [-0.3, -0.25) is 0 Å². The molecule has 1 aliphatic heterocycles. The molecule has 17 heavy (non-hydrogen) atoms. The topological polar surface area (TPSA) is 44.5 Å². The molecule has 0 saturated carbocycles. The van der Waals surface area contributed by atoms with E-state index in [1.54, 1.807) is 0 Å². The first-order chi connectivity index (χ1) is 8.30. The normalized spacial score (nSPS) is 18.5. The number of ether oxygens (including phenoxy) is 2. The Bertz CT molecular complexity index is 347. The van der Waals surface area contributed by atoms with Crippen molar-refractivity contribution in [2.24, 2.45) is 5.73 Å². The van der Waals surface area contributed by atoms with E-state index >= 15 is 0 Å². The van der Waals surface area contributed by atoms with Gasteiger partial charge in [-0.2, -0.15) is 11.8 Å². The highest BCUT2D eigenvalue weighted by Crippen LogP contribution is 2.34. The fourth-order valence-electron chi connectivity index (χ4n) is 1.92. The van der Waals surface area contributed by atoms with Gasteiger partial charge in [-0.25, -0.2) is 0 Å². The lowest BCUT2D eigenvalue weighted by atomic mass is 10.1. The minimum Gasteiger partial charge on any atom is -0.343 e. The molecule has 0 aliphatic carbocycles. The molecule has 1 aromatic carbocycles. The van der Waals surface area contributed by atoms with Crippen molar-refractivity contribution in [3.63, 3.8) is 0 Å². The third-order valence-electron chi connectivity index (χ3n) is 2.88. The molecule has 2 rings (SSSR count). The molecule has 1 fully saturated rings. The second kappa shape index (κ2) is 5.87. The molecule has 1 heterocycles. The second-order valence-corrected chi connectivity index (χ2v) is 5.26. The average molecular weight is 253 g/mol. The van der Waals surface area contributed by atoms with Crippen LogP contribution in [0.4, 0.5) is 0 Å². The molecule has 4 heteroatoms. The van der Waals surface area contributed by atoms with Crippen LogP contribution in [0.3, 0.4) is 0 Å². The highest BCUT2D eigenvalue weighted by atomic mass is 32.2. The first kappa shape index (κ1) is 12.9. The summed E-state index contributed by atoms with van der Waals surface area (Å²) in [5.74, 6) is 1.36. The van der Waals surface area contributed by atoms with Gasteiger partial charge < -0.3 is 15.2 Å². The summed E-state index contributed by atoms with van der Waals surface area (Å²) >= 11 is 1.83. The Hall–Kier alpha value is -0.550. The van der Waals surface area contributed by atoms with Gasteiger partial charge in [-0.05, 0) is 11.3 Å². The van der Waals surface area contributed by atoms with E-state index in [9.17, 15) is 0 Å². The molecule has 1 aliphatic rings. The van der Waals surface area contributed by atoms with Crippen LogP contribution in [0, 0.1) is 0 Å². The van der Waals surface area contributed by atoms with Crippen molar-refractivity contribution in [2.75, 3.05) is 24.7 Å². The Morgan fingerprint density at radius 2 is 1.88 bits per heavy atom. The Morgan fingerprint density at radius 3 is 2.41 bits per heavy atom. The number of nitrogens with two attached hydrogens (primary N) is 1. The van der Waals surface area contributed by atoms with E-state index in [0.29, 0.717) is 19.8 Å². The average Bonchev–Trinajstić information content (AvgIpc) is 2.86. The Morgan fingerprint density at radius 1 is 1.24 bits per heavy atom. The van der Waals surface area contributed by atoms with Gasteiger partial charge in [0.2, 0.25) is 5.79 Å². The van der Waals surface area contributed by atoms with Crippen LogP contribution in [0.2, 0.25) is 0 Å². The molecule has 1 aromatic rings. The molecule has 0 bridgehead atoms. The molecule has 0 amide bonds. The van der Waals surface area contributed by atoms with Crippen LogP contribution in [0.15, 0.2) is 24.3 Å². The first-order valence-electron chi connectivity index (χ1n) is 5.96. The van der Waals surface area contributed by atoms with Crippen LogP contribution < -0.4 is 5.73 Å². The molecule has 0 unspecified atom stereocenters. The number of thioether (sulfide) groups is 1. The van der Waals surface area contributed by atoms with Gasteiger partial charge in [0, 0.05) is 12.1 Å². The van der Waals surface area contributed by atoms with E-state index in [-0.39, 0.29) is 0 Å². The second-order valence-electron chi connectivity index (χ2n) is 3.99. The SMILES string of the molecule is CCSCC1(c2ccc(CN)cc2)OCCO1. The lowest BCUT2D eigenvalue weighted by molar-refractivity contribution is -0.145. The predicted molar refractivity (Wildman–Crippen MR) is 70.9 cm³/mol. The molecule has 3 nitrogen and oxygen atoms in total. The molecule has 94 valence electrons. The van der Waals surface area contributed by atoms with Crippen LogP contribution in [-0.2, 0) is 21.8 Å². The highest BCUT2D eigenvalue weighted by molar-refractivity contribution is 7.99. The van der Waals surface area contributed by atoms with E-state index < -0.39 is 5.79 Å². The summed E-state index contributed by atoms with van der Waals surface area (Å²) in [6.07, 6.45) is 0. The minimum absolute atomic E-state index is 0.548. The third kappa shape index (κ3) is 2.83. The number of benzene rings is 1. The zero-order valence-corrected chi connectivity index (χ0v) is 11.0. The van der Waals surface area contributed by atoms with Crippen molar-refractivity contribution in [3.8, 4) is 0 Å². The summed E-state index contributed by atoms with van der Waals surface area (Å²) in [4.78, 5) is 0. The van der Waals surface area contributed by atoms with Crippen molar-refractivity contribution < 1.29 is 9.47 Å². The summed E-state index contributed by atoms with van der Waals surface area (Å²) in [7, 11) is 0. The maximum atomic E-state index is 5.83. The summed E-state index contributed by atoms with van der Waals surface area (Å²) < 4.78 is 11.7. The van der Waals surface area contributed by atoms with Gasteiger partial charge >= 0.3 is 0 Å². The fourth-order valence-corrected chi connectivity index (χ4v) is 2.73. The molecule has 0 atom stereocenters.